The van der Waals surface area contributed by atoms with Crippen LogP contribution in [0.1, 0.15) is 62.0 Å². The summed E-state index contributed by atoms with van der Waals surface area (Å²) in [5.41, 5.74) is -10.2. The molecule has 0 spiro atoms. The third-order valence-electron chi connectivity index (χ3n) is 10.2. The van der Waals surface area contributed by atoms with Crippen molar-refractivity contribution in [2.24, 2.45) is 0 Å². The first-order chi connectivity index (χ1) is 31.4. The second kappa shape index (κ2) is 22.0. The number of sulfonamides is 2. The zero-order chi connectivity index (χ0) is 50.9. The van der Waals surface area contributed by atoms with E-state index in [-0.39, 0.29) is 22.9 Å². The first kappa shape index (κ1) is 54.7. The number of carboxylic acids is 2. The molecule has 0 fully saturated rings. The van der Waals surface area contributed by atoms with E-state index in [9.17, 15) is 63.0 Å². The van der Waals surface area contributed by atoms with Gasteiger partial charge in [-0.3, -0.25) is 9.44 Å². The van der Waals surface area contributed by atoms with Crippen LogP contribution < -0.4 is 29.6 Å². The molecule has 0 radical (unpaired) electrons. The Morgan fingerprint density at radius 3 is 1.21 bits per heavy atom. The Morgan fingerprint density at radius 2 is 0.912 bits per heavy atom. The molecular weight excluding hydrogens is 955 g/mol. The summed E-state index contributed by atoms with van der Waals surface area (Å²) in [5.74, 6) is -2.12. The van der Waals surface area contributed by atoms with Gasteiger partial charge >= 0.3 is 43.0 Å². The van der Waals surface area contributed by atoms with E-state index in [0.717, 1.165) is 11.1 Å². The highest BCUT2D eigenvalue weighted by molar-refractivity contribution is 7.93. The third-order valence-corrected chi connectivity index (χ3v) is 12.5. The molecule has 2 aliphatic rings. The van der Waals surface area contributed by atoms with Crippen LogP contribution in [0.3, 0.4) is 0 Å². The highest BCUT2D eigenvalue weighted by atomic mass is 32.2. The second-order valence-corrected chi connectivity index (χ2v) is 19.6. The van der Waals surface area contributed by atoms with Gasteiger partial charge in [-0.25, -0.2) is 9.59 Å². The fourth-order valence-electron chi connectivity index (χ4n) is 6.76. The fourth-order valence-corrected chi connectivity index (χ4v) is 7.87. The summed E-state index contributed by atoms with van der Waals surface area (Å²) in [6, 6.07) is 26.1. The van der Waals surface area contributed by atoms with Crippen LogP contribution in [-0.2, 0) is 42.5 Å². The van der Waals surface area contributed by atoms with Crippen molar-refractivity contribution >= 4 is 43.4 Å². The number of rotatable bonds is 14. The first-order valence-corrected chi connectivity index (χ1v) is 23.3. The summed E-state index contributed by atoms with van der Waals surface area (Å²) in [7, 11) is -11.1. The zero-order valence-corrected chi connectivity index (χ0v) is 38.3. The van der Waals surface area contributed by atoms with Crippen molar-refractivity contribution in [3.8, 4) is 11.5 Å². The summed E-state index contributed by atoms with van der Waals surface area (Å²) < 4.78 is 136. The molecule has 0 bridgehead atoms. The quantitative estimate of drug-likeness (QED) is 0.0502. The minimum absolute atomic E-state index is 0.199. The Labute approximate surface area is 388 Å². The highest BCUT2D eigenvalue weighted by Gasteiger charge is 2.48. The maximum atomic E-state index is 12.6. The molecule has 372 valence electrons. The summed E-state index contributed by atoms with van der Waals surface area (Å²) >= 11 is 0. The number of carbonyl (C=O) groups is 2. The molecule has 4 aromatic carbocycles. The van der Waals surface area contributed by atoms with Gasteiger partial charge in [-0.1, -0.05) is 72.8 Å². The lowest BCUT2D eigenvalue weighted by molar-refractivity contribution is -0.134. The van der Waals surface area contributed by atoms with Crippen LogP contribution in [0.2, 0.25) is 0 Å². The van der Waals surface area contributed by atoms with E-state index in [1.165, 1.54) is 45.8 Å². The Bertz CT molecular complexity index is 2440. The predicted octanol–water partition coefficient (Wildman–Crippen LogP) is 6.42. The van der Waals surface area contributed by atoms with Crippen molar-refractivity contribution in [2.75, 3.05) is 22.5 Å². The third kappa shape index (κ3) is 14.8. The van der Waals surface area contributed by atoms with E-state index >= 15 is 0 Å². The number of hydrogen-bond donors (Lipinski definition) is 8. The number of aliphatic hydroxyl groups excluding tert-OH is 2. The number of anilines is 2. The molecule has 2 aliphatic heterocycles. The average Bonchev–Trinajstić information content (AvgIpc) is 3.23. The fraction of sp³-hybridized carbons (Fsp3) is 0.364. The van der Waals surface area contributed by atoms with Gasteiger partial charge in [-0.05, 0) is 76.9 Å². The number of carboxylic acid groups (broad SMARTS) is 2. The molecule has 24 heteroatoms. The van der Waals surface area contributed by atoms with Crippen molar-refractivity contribution in [3.63, 3.8) is 0 Å². The molecule has 4 aromatic rings. The standard InChI is InChI=1S/2C20H23F3N2O4S.C4H4O4/c2*1-19(2)18(26)17(24-11-10-13-6-4-3-5-7-13)15-9-8-14(12-16(15)29-19)25-30(27,28)20(21,22)23;5-3(6)1-2-4(7)8/h2*3-9,12,17-18,24-26H,10-11H2,1-2H3;1-2H,(H,5,6)(H,7,8)/b;;2-1-/t2*17-,18+;/m00./s1. The van der Waals surface area contributed by atoms with Gasteiger partial charge in [-0.15, -0.1) is 0 Å². The van der Waals surface area contributed by atoms with Crippen LogP contribution >= 0.6 is 0 Å². The largest absolute Gasteiger partial charge is 0.516 e. The van der Waals surface area contributed by atoms with Crippen molar-refractivity contribution in [2.45, 2.75) is 87.0 Å². The van der Waals surface area contributed by atoms with Gasteiger partial charge < -0.3 is 40.5 Å². The number of nitrogens with one attached hydrogen (secondary N) is 4. The van der Waals surface area contributed by atoms with Gasteiger partial charge in [0.15, 0.2) is 0 Å². The van der Waals surface area contributed by atoms with Crippen LogP contribution in [0.4, 0.5) is 37.7 Å². The lowest BCUT2D eigenvalue weighted by atomic mass is 9.86. The molecule has 6 rings (SSSR count). The zero-order valence-electron chi connectivity index (χ0n) is 36.7. The SMILES string of the molecule is CC1(C)Oc2cc(NS(=O)(=O)C(F)(F)F)ccc2[C@H](NCCc2ccccc2)[C@H]1O.CC1(C)Oc2cc(NS(=O)(=O)C(F)(F)F)ccc2[C@H](NCCc2ccccc2)[C@H]1O.O=C(O)/C=C\C(=O)O. The van der Waals surface area contributed by atoms with Crippen molar-refractivity contribution in [3.05, 3.63) is 131 Å². The predicted molar refractivity (Wildman–Crippen MR) is 238 cm³/mol. The van der Waals surface area contributed by atoms with E-state index in [0.29, 0.717) is 49.2 Å². The van der Waals surface area contributed by atoms with Crippen molar-refractivity contribution in [1.29, 1.82) is 0 Å². The Hall–Kier alpha value is -5.92. The Kier molecular flexibility index (Phi) is 17.7. The van der Waals surface area contributed by atoms with Crippen molar-refractivity contribution in [1.82, 2.24) is 10.6 Å². The molecular formula is C44H50F6N4O12S2. The Balaban J connectivity index is 0.000000256. The summed E-state index contributed by atoms with van der Waals surface area (Å²) in [5, 5.41) is 43.7. The maximum Gasteiger partial charge on any atom is 0.516 e. The molecule has 0 saturated carbocycles. The second-order valence-electron chi connectivity index (χ2n) is 16.3. The summed E-state index contributed by atoms with van der Waals surface area (Å²) in [6.45, 7) is 7.70. The van der Waals surface area contributed by atoms with E-state index in [1.807, 2.05) is 60.7 Å². The minimum Gasteiger partial charge on any atom is -0.485 e. The number of fused-ring (bicyclic) bond motifs is 2. The van der Waals surface area contributed by atoms with Gasteiger partial charge in [0.25, 0.3) is 0 Å². The number of hydrogen-bond acceptors (Lipinski definition) is 12. The van der Waals surface area contributed by atoms with Crippen LogP contribution in [0, 0.1) is 0 Å². The van der Waals surface area contributed by atoms with E-state index in [1.54, 1.807) is 27.7 Å². The number of ether oxygens (including phenoxy) is 2. The molecule has 16 nitrogen and oxygen atoms in total. The first-order valence-electron chi connectivity index (χ1n) is 20.3. The smallest absolute Gasteiger partial charge is 0.485 e. The van der Waals surface area contributed by atoms with Gasteiger partial charge in [0.2, 0.25) is 0 Å². The minimum atomic E-state index is -5.55. The lowest BCUT2D eigenvalue weighted by Gasteiger charge is -2.42. The lowest BCUT2D eigenvalue weighted by Crippen LogP contribution is -2.52. The van der Waals surface area contributed by atoms with Gasteiger partial charge in [0.1, 0.15) is 34.9 Å². The molecule has 68 heavy (non-hydrogen) atoms. The van der Waals surface area contributed by atoms with Crippen LogP contribution in [0.15, 0.2) is 109 Å². The molecule has 0 aliphatic carbocycles. The Morgan fingerprint density at radius 1 is 0.588 bits per heavy atom. The highest BCUT2D eigenvalue weighted by Crippen LogP contribution is 2.43. The van der Waals surface area contributed by atoms with Gasteiger partial charge in [-0.2, -0.15) is 43.2 Å². The number of alkyl halides is 6. The molecule has 4 atom stereocenters. The summed E-state index contributed by atoms with van der Waals surface area (Å²) in [4.78, 5) is 19.1. The number of aliphatic carboxylic acids is 2. The average molecular weight is 1010 g/mol. The summed E-state index contributed by atoms with van der Waals surface area (Å²) in [6.07, 6.45) is 0.677. The molecule has 0 amide bonds. The molecule has 0 saturated heterocycles. The van der Waals surface area contributed by atoms with E-state index in [2.05, 4.69) is 10.6 Å². The number of aliphatic hydroxyl groups is 2. The van der Waals surface area contributed by atoms with Crippen LogP contribution in [0.5, 0.6) is 11.5 Å². The topological polar surface area (TPSA) is 250 Å². The molecule has 2 heterocycles. The monoisotopic (exact) mass is 1000 g/mol. The van der Waals surface area contributed by atoms with E-state index < -0.39 is 78.5 Å². The molecule has 0 aromatic heterocycles. The van der Waals surface area contributed by atoms with Gasteiger partial charge in [0, 0.05) is 35.4 Å². The van der Waals surface area contributed by atoms with Gasteiger partial charge in [0.05, 0.1) is 23.5 Å². The molecule has 0 unspecified atom stereocenters. The molecule has 8 N–H and O–H groups in total. The number of halogens is 6. The number of benzene rings is 4. The van der Waals surface area contributed by atoms with Crippen LogP contribution in [-0.4, -0.2) is 96.7 Å². The van der Waals surface area contributed by atoms with Crippen LogP contribution in [0.25, 0.3) is 0 Å². The normalized spacial score (nSPS) is 19.5. The van der Waals surface area contributed by atoms with E-state index in [4.69, 9.17) is 19.7 Å². The maximum absolute atomic E-state index is 12.6. The van der Waals surface area contributed by atoms with Crippen molar-refractivity contribution < 1.29 is 82.7 Å².